The summed E-state index contributed by atoms with van der Waals surface area (Å²) in [4.78, 5) is 19.8. The highest BCUT2D eigenvalue weighted by Crippen LogP contribution is 2.40. The van der Waals surface area contributed by atoms with Gasteiger partial charge in [0.25, 0.3) is 5.91 Å². The van der Waals surface area contributed by atoms with Gasteiger partial charge in [0.15, 0.2) is 0 Å². The van der Waals surface area contributed by atoms with Gasteiger partial charge in [-0.1, -0.05) is 0 Å². The summed E-state index contributed by atoms with van der Waals surface area (Å²) in [5, 5.41) is 6.66. The average Bonchev–Trinajstić information content (AvgIpc) is 3.43. The Kier molecular flexibility index (Phi) is 6.03. The van der Waals surface area contributed by atoms with Gasteiger partial charge in [-0.3, -0.25) is 9.78 Å². The summed E-state index contributed by atoms with van der Waals surface area (Å²) < 4.78 is 41.7. The Hall–Kier alpha value is -2.61. The first-order valence-corrected chi connectivity index (χ1v) is 11.8. The van der Waals surface area contributed by atoms with E-state index in [1.165, 1.54) is 18.3 Å². The number of anilines is 1. The smallest absolute Gasteiger partial charge is 0.255 e. The van der Waals surface area contributed by atoms with Crippen molar-refractivity contribution in [1.82, 2.24) is 15.6 Å². The fourth-order valence-electron chi connectivity index (χ4n) is 5.62. The first kappa shape index (κ1) is 22.2. The summed E-state index contributed by atoms with van der Waals surface area (Å²) >= 11 is 0. The van der Waals surface area contributed by atoms with Gasteiger partial charge >= 0.3 is 0 Å². The molecule has 0 radical (unpaired) electrons. The molecule has 2 N–H and O–H groups in total. The fourth-order valence-corrected chi connectivity index (χ4v) is 5.62. The fraction of sp³-hybridized carbons (Fsp3) is 0.520. The average molecular weight is 459 g/mol. The van der Waals surface area contributed by atoms with Crippen LogP contribution in [0, 0.1) is 11.6 Å². The summed E-state index contributed by atoms with van der Waals surface area (Å²) in [6.07, 6.45) is 7.48. The Morgan fingerprint density at radius 1 is 1.09 bits per heavy atom. The number of halogens is 3. The number of hydrogen-bond acceptors (Lipinski definition) is 4. The van der Waals surface area contributed by atoms with Crippen molar-refractivity contribution in [3.63, 3.8) is 0 Å². The van der Waals surface area contributed by atoms with Crippen molar-refractivity contribution in [3.05, 3.63) is 47.8 Å². The maximum Gasteiger partial charge on any atom is 0.255 e. The second-order valence-corrected chi connectivity index (χ2v) is 9.65. The summed E-state index contributed by atoms with van der Waals surface area (Å²) in [7, 11) is 0. The van der Waals surface area contributed by atoms with Gasteiger partial charge in [-0.05, 0) is 69.2 Å². The third kappa shape index (κ3) is 4.58. The van der Waals surface area contributed by atoms with Crippen molar-refractivity contribution in [3.8, 4) is 11.1 Å². The van der Waals surface area contributed by atoms with Crippen LogP contribution in [0.5, 0.6) is 0 Å². The monoisotopic (exact) mass is 458 g/mol. The lowest BCUT2D eigenvalue weighted by Crippen LogP contribution is -2.43. The molecule has 1 aromatic heterocycles. The molecule has 2 aliphatic heterocycles. The molecular formula is C25H29F3N4O. The SMILES string of the molecule is O=C(NC1CCC(F)CC1)c1cncc(-c2cc(F)cc(F)c2)c1N1CCC2(CCCN2)C1. The van der Waals surface area contributed by atoms with E-state index < -0.39 is 17.8 Å². The molecule has 1 amide bonds. The minimum Gasteiger partial charge on any atom is -0.368 e. The molecule has 5 nitrogen and oxygen atoms in total. The number of benzene rings is 1. The van der Waals surface area contributed by atoms with E-state index in [1.54, 1.807) is 6.20 Å². The molecule has 2 aromatic rings. The van der Waals surface area contributed by atoms with Gasteiger partial charge in [-0.15, -0.1) is 0 Å². The molecule has 3 aliphatic rings. The van der Waals surface area contributed by atoms with Gasteiger partial charge in [0.2, 0.25) is 0 Å². The second-order valence-electron chi connectivity index (χ2n) is 9.65. The number of amides is 1. The summed E-state index contributed by atoms with van der Waals surface area (Å²) in [5.74, 6) is -1.63. The van der Waals surface area contributed by atoms with Gasteiger partial charge in [-0.25, -0.2) is 13.2 Å². The number of pyridine rings is 1. The summed E-state index contributed by atoms with van der Waals surface area (Å²) in [6.45, 7) is 2.42. The molecule has 3 fully saturated rings. The number of carbonyl (C=O) groups excluding carboxylic acids is 1. The molecule has 3 heterocycles. The molecule has 1 atom stereocenters. The molecule has 2 saturated heterocycles. The van der Waals surface area contributed by atoms with E-state index in [-0.39, 0.29) is 17.5 Å². The quantitative estimate of drug-likeness (QED) is 0.715. The van der Waals surface area contributed by atoms with Crippen molar-refractivity contribution < 1.29 is 18.0 Å². The molecule has 8 heteroatoms. The minimum absolute atomic E-state index is 0.000974. The molecule has 1 aliphatic carbocycles. The normalized spacial score (nSPS) is 27.3. The zero-order valence-electron chi connectivity index (χ0n) is 18.5. The first-order chi connectivity index (χ1) is 15.9. The maximum atomic E-state index is 14.1. The predicted octanol–water partition coefficient (Wildman–Crippen LogP) is 4.37. The number of alkyl halides is 1. The molecule has 1 aromatic carbocycles. The first-order valence-electron chi connectivity index (χ1n) is 11.8. The van der Waals surface area contributed by atoms with Crippen molar-refractivity contribution in [2.45, 2.75) is 62.7 Å². The number of nitrogens with zero attached hydrogens (tertiary/aromatic N) is 2. The van der Waals surface area contributed by atoms with E-state index >= 15 is 0 Å². The van der Waals surface area contributed by atoms with Crippen molar-refractivity contribution in [1.29, 1.82) is 0 Å². The van der Waals surface area contributed by atoms with E-state index in [0.29, 0.717) is 48.1 Å². The summed E-state index contributed by atoms with van der Waals surface area (Å²) in [6, 6.07) is 3.29. The number of nitrogens with one attached hydrogen (secondary N) is 2. The molecule has 1 spiro atoms. The largest absolute Gasteiger partial charge is 0.368 e. The maximum absolute atomic E-state index is 14.1. The molecular weight excluding hydrogens is 429 g/mol. The zero-order chi connectivity index (χ0) is 23.0. The van der Waals surface area contributed by atoms with Crippen LogP contribution in [0.25, 0.3) is 11.1 Å². The van der Waals surface area contributed by atoms with Crippen molar-refractivity contribution >= 4 is 11.6 Å². The molecule has 1 unspecified atom stereocenters. The van der Waals surface area contributed by atoms with Crippen molar-refractivity contribution in [2.24, 2.45) is 0 Å². The molecule has 5 rings (SSSR count). The van der Waals surface area contributed by atoms with Crippen LogP contribution in [0.15, 0.2) is 30.6 Å². The van der Waals surface area contributed by atoms with E-state index in [2.05, 4.69) is 20.5 Å². The van der Waals surface area contributed by atoms with Gasteiger partial charge in [0, 0.05) is 48.7 Å². The van der Waals surface area contributed by atoms with Gasteiger partial charge in [-0.2, -0.15) is 0 Å². The van der Waals surface area contributed by atoms with E-state index in [1.807, 2.05) is 0 Å². The second kappa shape index (κ2) is 8.97. The standard InChI is InChI=1S/C25H29F3N4O/c26-17-2-4-20(5-3-17)31-24(33)22-14-29-13-21(16-10-18(27)12-19(28)11-16)23(22)32-9-7-25(15-32)6-1-8-30-25/h10-14,17,20,30H,1-9,15H2,(H,31,33). The van der Waals surface area contributed by atoms with E-state index in [9.17, 15) is 18.0 Å². The Labute approximate surface area is 191 Å². The Morgan fingerprint density at radius 2 is 1.85 bits per heavy atom. The third-order valence-electron chi connectivity index (χ3n) is 7.33. The van der Waals surface area contributed by atoms with Gasteiger partial charge in [0.05, 0.1) is 11.3 Å². The highest BCUT2D eigenvalue weighted by atomic mass is 19.1. The molecule has 1 saturated carbocycles. The Balaban J connectivity index is 1.52. The van der Waals surface area contributed by atoms with E-state index in [0.717, 1.165) is 45.0 Å². The van der Waals surface area contributed by atoms with E-state index in [4.69, 9.17) is 0 Å². The van der Waals surface area contributed by atoms with Crippen LogP contribution >= 0.6 is 0 Å². The number of rotatable bonds is 4. The third-order valence-corrected chi connectivity index (χ3v) is 7.33. The van der Waals surface area contributed by atoms with Crippen LogP contribution in [-0.4, -0.2) is 48.3 Å². The topological polar surface area (TPSA) is 57.3 Å². The molecule has 0 bridgehead atoms. The lowest BCUT2D eigenvalue weighted by Gasteiger charge is -2.29. The van der Waals surface area contributed by atoms with Crippen molar-refractivity contribution in [2.75, 3.05) is 24.5 Å². The molecule has 176 valence electrons. The lowest BCUT2D eigenvalue weighted by molar-refractivity contribution is 0.0916. The number of hydrogen-bond donors (Lipinski definition) is 2. The van der Waals surface area contributed by atoms with Crippen LogP contribution < -0.4 is 15.5 Å². The summed E-state index contributed by atoms with van der Waals surface area (Å²) in [5.41, 5.74) is 1.92. The van der Waals surface area contributed by atoms with Gasteiger partial charge < -0.3 is 15.5 Å². The number of aromatic nitrogens is 1. The highest BCUT2D eigenvalue weighted by molar-refractivity contribution is 6.03. The molecule has 33 heavy (non-hydrogen) atoms. The van der Waals surface area contributed by atoms with Gasteiger partial charge in [0.1, 0.15) is 17.8 Å². The predicted molar refractivity (Wildman–Crippen MR) is 121 cm³/mol. The van der Waals surface area contributed by atoms with Crippen LogP contribution in [0.1, 0.15) is 55.3 Å². The Morgan fingerprint density at radius 3 is 2.55 bits per heavy atom. The lowest BCUT2D eigenvalue weighted by atomic mass is 9.93. The number of carbonyl (C=O) groups is 1. The minimum atomic E-state index is -0.804. The van der Waals surface area contributed by atoms with Crippen LogP contribution in [0.2, 0.25) is 0 Å². The highest BCUT2D eigenvalue weighted by Gasteiger charge is 2.41. The zero-order valence-corrected chi connectivity index (χ0v) is 18.5. The van der Waals surface area contributed by atoms with Crippen LogP contribution in [-0.2, 0) is 0 Å². The van der Waals surface area contributed by atoms with Crippen LogP contribution in [0.4, 0.5) is 18.9 Å². The van der Waals surface area contributed by atoms with Crippen LogP contribution in [0.3, 0.4) is 0 Å². The Bertz CT molecular complexity index is 1010.